The molecule has 132 valence electrons. The summed E-state index contributed by atoms with van der Waals surface area (Å²) in [6.45, 7) is 4.20. The van der Waals surface area contributed by atoms with Gasteiger partial charge in [0, 0.05) is 18.1 Å². The van der Waals surface area contributed by atoms with E-state index in [1.165, 1.54) is 16.4 Å². The second-order valence-corrected chi connectivity index (χ2v) is 8.43. The second-order valence-electron chi connectivity index (χ2n) is 6.13. The summed E-state index contributed by atoms with van der Waals surface area (Å²) < 4.78 is 27.6. The van der Waals surface area contributed by atoms with Gasteiger partial charge in [0.25, 0.3) is 0 Å². The van der Waals surface area contributed by atoms with Crippen LogP contribution < -0.4 is 5.32 Å². The van der Waals surface area contributed by atoms with E-state index < -0.39 is 16.1 Å². The van der Waals surface area contributed by atoms with Gasteiger partial charge in [0.1, 0.15) is 6.04 Å². The van der Waals surface area contributed by atoms with E-state index in [1.54, 1.807) is 12.1 Å². The molecule has 1 aliphatic heterocycles. The lowest BCUT2D eigenvalue weighted by Gasteiger charge is -2.34. The van der Waals surface area contributed by atoms with Gasteiger partial charge in [-0.1, -0.05) is 47.5 Å². The molecule has 1 aliphatic rings. The van der Waals surface area contributed by atoms with E-state index in [9.17, 15) is 13.2 Å². The fourth-order valence-corrected chi connectivity index (χ4v) is 4.78. The zero-order chi connectivity index (χ0) is 18.2. The maximum atomic E-state index is 13.2. The highest BCUT2D eigenvalue weighted by Crippen LogP contribution is 2.31. The third-order valence-electron chi connectivity index (χ3n) is 4.28. The first-order valence-electron chi connectivity index (χ1n) is 7.93. The van der Waals surface area contributed by atoms with Gasteiger partial charge in [-0.15, -0.1) is 0 Å². The van der Waals surface area contributed by atoms with Gasteiger partial charge in [0.15, 0.2) is 0 Å². The standard InChI is InChI=1S/C18H19ClN2O3S/c1-12-4-3-5-14(10-12)17-18(22)20-8-9-21(17)25(23,24)15-7-6-13(2)16(19)11-15/h3-7,10-11,17H,8-9H2,1-2H3,(H,20,22). The predicted octanol–water partition coefficient (Wildman–Crippen LogP) is 2.82. The normalized spacial score (nSPS) is 18.8. The molecule has 0 aromatic heterocycles. The van der Waals surface area contributed by atoms with Crippen LogP contribution in [0.15, 0.2) is 47.4 Å². The summed E-state index contributed by atoms with van der Waals surface area (Å²) in [6, 6.07) is 11.1. The lowest BCUT2D eigenvalue weighted by atomic mass is 10.0. The van der Waals surface area contributed by atoms with Crippen molar-refractivity contribution in [2.45, 2.75) is 24.8 Å². The van der Waals surface area contributed by atoms with E-state index in [-0.39, 0.29) is 23.9 Å². The molecule has 0 spiro atoms. The number of benzene rings is 2. The Balaban J connectivity index is 2.08. The van der Waals surface area contributed by atoms with Crippen LogP contribution in [0.2, 0.25) is 5.02 Å². The minimum atomic E-state index is -3.86. The van der Waals surface area contributed by atoms with E-state index in [0.29, 0.717) is 10.6 Å². The number of hydrogen-bond donors (Lipinski definition) is 1. The lowest BCUT2D eigenvalue weighted by molar-refractivity contribution is -0.126. The SMILES string of the molecule is Cc1cccc(C2C(=O)NCCN2S(=O)(=O)c2ccc(C)c(Cl)c2)c1. The molecule has 1 amide bonds. The molecule has 2 aromatic rings. The molecule has 1 atom stereocenters. The number of nitrogens with zero attached hydrogens (tertiary/aromatic N) is 1. The molecule has 1 saturated heterocycles. The summed E-state index contributed by atoms with van der Waals surface area (Å²) in [6.07, 6.45) is 0. The van der Waals surface area contributed by atoms with Crippen LogP contribution in [0.25, 0.3) is 0 Å². The van der Waals surface area contributed by atoms with Crippen molar-refractivity contribution in [3.05, 3.63) is 64.2 Å². The van der Waals surface area contributed by atoms with Crippen LogP contribution in [-0.2, 0) is 14.8 Å². The summed E-state index contributed by atoms with van der Waals surface area (Å²) in [5, 5.41) is 3.14. The van der Waals surface area contributed by atoms with Crippen molar-refractivity contribution in [2.24, 2.45) is 0 Å². The van der Waals surface area contributed by atoms with E-state index in [0.717, 1.165) is 11.1 Å². The fourth-order valence-electron chi connectivity index (χ4n) is 2.93. The Morgan fingerprint density at radius 3 is 2.60 bits per heavy atom. The number of sulfonamides is 1. The number of amides is 1. The maximum absolute atomic E-state index is 13.2. The van der Waals surface area contributed by atoms with Crippen LogP contribution in [0.5, 0.6) is 0 Å². The number of carbonyl (C=O) groups excluding carboxylic acids is 1. The van der Waals surface area contributed by atoms with Crippen LogP contribution in [0.3, 0.4) is 0 Å². The average Bonchev–Trinajstić information content (AvgIpc) is 2.57. The Hall–Kier alpha value is -1.89. The summed E-state index contributed by atoms with van der Waals surface area (Å²) in [5.74, 6) is -0.321. The van der Waals surface area contributed by atoms with Gasteiger partial charge in [-0.3, -0.25) is 4.79 Å². The highest BCUT2D eigenvalue weighted by atomic mass is 35.5. The van der Waals surface area contributed by atoms with Gasteiger partial charge >= 0.3 is 0 Å². The Labute approximate surface area is 152 Å². The van der Waals surface area contributed by atoms with Crippen LogP contribution in [0.4, 0.5) is 0 Å². The van der Waals surface area contributed by atoms with Crippen LogP contribution >= 0.6 is 11.6 Å². The Kier molecular flexibility index (Phi) is 4.86. The fraction of sp³-hybridized carbons (Fsp3) is 0.278. The Bertz CT molecular complexity index is 928. The van der Waals surface area contributed by atoms with Gasteiger partial charge < -0.3 is 5.32 Å². The molecule has 0 aliphatic carbocycles. The van der Waals surface area contributed by atoms with Crippen molar-refractivity contribution in [1.82, 2.24) is 9.62 Å². The molecular weight excluding hydrogens is 360 g/mol. The number of carbonyl (C=O) groups is 1. The number of rotatable bonds is 3. The second kappa shape index (κ2) is 6.78. The van der Waals surface area contributed by atoms with Gasteiger partial charge in [-0.25, -0.2) is 8.42 Å². The molecule has 7 heteroatoms. The largest absolute Gasteiger partial charge is 0.353 e. The van der Waals surface area contributed by atoms with E-state index >= 15 is 0 Å². The minimum Gasteiger partial charge on any atom is -0.353 e. The average molecular weight is 379 g/mol. The van der Waals surface area contributed by atoms with Crippen molar-refractivity contribution in [1.29, 1.82) is 0 Å². The van der Waals surface area contributed by atoms with Crippen LogP contribution in [0, 0.1) is 13.8 Å². The van der Waals surface area contributed by atoms with Crippen LogP contribution in [0.1, 0.15) is 22.7 Å². The van der Waals surface area contributed by atoms with Gasteiger partial charge in [0.2, 0.25) is 15.9 Å². The Morgan fingerprint density at radius 1 is 1.16 bits per heavy atom. The third-order valence-corrected chi connectivity index (χ3v) is 6.54. The number of halogens is 1. The summed E-state index contributed by atoms with van der Waals surface area (Å²) in [4.78, 5) is 12.6. The quantitative estimate of drug-likeness (QED) is 0.893. The third kappa shape index (κ3) is 3.42. The lowest BCUT2D eigenvalue weighted by Crippen LogP contribution is -2.52. The molecule has 2 aromatic carbocycles. The molecule has 5 nitrogen and oxygen atoms in total. The minimum absolute atomic E-state index is 0.0930. The van der Waals surface area contributed by atoms with E-state index in [2.05, 4.69) is 5.32 Å². The van der Waals surface area contributed by atoms with Gasteiger partial charge in [-0.05, 0) is 37.1 Å². The first-order valence-corrected chi connectivity index (χ1v) is 9.75. The van der Waals surface area contributed by atoms with E-state index in [1.807, 2.05) is 32.0 Å². The zero-order valence-electron chi connectivity index (χ0n) is 14.0. The highest BCUT2D eigenvalue weighted by Gasteiger charge is 2.39. The maximum Gasteiger partial charge on any atom is 0.244 e. The molecule has 1 unspecified atom stereocenters. The summed E-state index contributed by atoms with van der Waals surface area (Å²) in [5.41, 5.74) is 2.41. The van der Waals surface area contributed by atoms with Crippen LogP contribution in [-0.4, -0.2) is 31.7 Å². The first-order chi connectivity index (χ1) is 11.8. The molecule has 1 N–H and O–H groups in total. The molecule has 25 heavy (non-hydrogen) atoms. The van der Waals surface area contributed by atoms with Crippen molar-refractivity contribution >= 4 is 27.5 Å². The molecule has 0 radical (unpaired) electrons. The summed E-state index contributed by atoms with van der Waals surface area (Å²) >= 11 is 6.10. The number of nitrogens with one attached hydrogen (secondary N) is 1. The zero-order valence-corrected chi connectivity index (χ0v) is 15.6. The number of aryl methyl sites for hydroxylation is 2. The van der Waals surface area contributed by atoms with Crippen molar-refractivity contribution < 1.29 is 13.2 Å². The number of piperazine rings is 1. The number of hydrogen-bond acceptors (Lipinski definition) is 3. The molecule has 1 fully saturated rings. The van der Waals surface area contributed by atoms with E-state index in [4.69, 9.17) is 11.6 Å². The van der Waals surface area contributed by atoms with Crippen molar-refractivity contribution in [2.75, 3.05) is 13.1 Å². The first kappa shape index (κ1) is 17.9. The van der Waals surface area contributed by atoms with Crippen molar-refractivity contribution in [3.8, 4) is 0 Å². The summed E-state index contributed by atoms with van der Waals surface area (Å²) in [7, 11) is -3.86. The molecule has 0 bridgehead atoms. The van der Waals surface area contributed by atoms with Crippen molar-refractivity contribution in [3.63, 3.8) is 0 Å². The highest BCUT2D eigenvalue weighted by molar-refractivity contribution is 7.89. The van der Waals surface area contributed by atoms with Gasteiger partial charge in [-0.2, -0.15) is 4.31 Å². The molecule has 0 saturated carbocycles. The van der Waals surface area contributed by atoms with Gasteiger partial charge in [0.05, 0.1) is 4.90 Å². The molecule has 3 rings (SSSR count). The topological polar surface area (TPSA) is 66.5 Å². The molecule has 1 heterocycles. The smallest absolute Gasteiger partial charge is 0.244 e. The monoisotopic (exact) mass is 378 g/mol. The predicted molar refractivity (Wildman–Crippen MR) is 97.0 cm³/mol. The molecular formula is C18H19ClN2O3S. The Morgan fingerprint density at radius 2 is 1.92 bits per heavy atom.